The molecule has 0 fully saturated rings. The standard InChI is InChI=1S/C15H10Cl2F2N2/c16-7-14-20-15-12(19)5-11(18)6-13(15)21(14)8-9-1-3-10(17)4-2-9/h1-6H,7-8H2. The second-order valence-corrected chi connectivity index (χ2v) is 5.33. The third-order valence-electron chi connectivity index (χ3n) is 3.22. The Morgan fingerprint density at radius 3 is 2.48 bits per heavy atom. The van der Waals surface area contributed by atoms with Crippen LogP contribution in [0.15, 0.2) is 36.4 Å². The zero-order valence-electron chi connectivity index (χ0n) is 10.8. The molecule has 0 aliphatic heterocycles. The molecule has 21 heavy (non-hydrogen) atoms. The molecule has 1 aromatic heterocycles. The van der Waals surface area contributed by atoms with Gasteiger partial charge in [0.1, 0.15) is 17.2 Å². The fourth-order valence-corrected chi connectivity index (χ4v) is 2.58. The number of halogens is 4. The van der Waals surface area contributed by atoms with Crippen molar-refractivity contribution in [3.63, 3.8) is 0 Å². The van der Waals surface area contributed by atoms with Gasteiger partial charge >= 0.3 is 0 Å². The van der Waals surface area contributed by atoms with Crippen molar-refractivity contribution in [3.8, 4) is 0 Å². The number of hydrogen-bond acceptors (Lipinski definition) is 1. The zero-order chi connectivity index (χ0) is 15.0. The number of hydrogen-bond donors (Lipinski definition) is 0. The molecule has 0 saturated heterocycles. The lowest BCUT2D eigenvalue weighted by Crippen LogP contribution is -2.04. The molecule has 2 aromatic carbocycles. The Bertz CT molecular complexity index is 798. The van der Waals surface area contributed by atoms with Gasteiger partial charge in [0.25, 0.3) is 0 Å². The van der Waals surface area contributed by atoms with E-state index < -0.39 is 11.6 Å². The van der Waals surface area contributed by atoms with E-state index in [9.17, 15) is 8.78 Å². The Labute approximate surface area is 129 Å². The molecule has 0 amide bonds. The van der Waals surface area contributed by atoms with Crippen LogP contribution in [-0.4, -0.2) is 9.55 Å². The summed E-state index contributed by atoms with van der Waals surface area (Å²) in [5.74, 6) is -0.723. The maximum atomic E-state index is 13.8. The van der Waals surface area contributed by atoms with Crippen molar-refractivity contribution in [1.82, 2.24) is 9.55 Å². The van der Waals surface area contributed by atoms with Crippen LogP contribution in [0.2, 0.25) is 5.02 Å². The van der Waals surface area contributed by atoms with Gasteiger partial charge in [-0.2, -0.15) is 0 Å². The third-order valence-corrected chi connectivity index (χ3v) is 3.72. The average molecular weight is 327 g/mol. The maximum Gasteiger partial charge on any atom is 0.153 e. The van der Waals surface area contributed by atoms with Gasteiger partial charge in [-0.05, 0) is 23.8 Å². The molecule has 0 aliphatic carbocycles. The van der Waals surface area contributed by atoms with Crippen LogP contribution in [-0.2, 0) is 12.4 Å². The highest BCUT2D eigenvalue weighted by Crippen LogP contribution is 2.23. The van der Waals surface area contributed by atoms with Crippen molar-refractivity contribution < 1.29 is 8.78 Å². The van der Waals surface area contributed by atoms with Gasteiger partial charge in [-0.25, -0.2) is 13.8 Å². The topological polar surface area (TPSA) is 17.8 Å². The van der Waals surface area contributed by atoms with Crippen molar-refractivity contribution in [2.24, 2.45) is 0 Å². The summed E-state index contributed by atoms with van der Waals surface area (Å²) < 4.78 is 28.9. The molecule has 0 spiro atoms. The predicted molar refractivity (Wildman–Crippen MR) is 79.8 cm³/mol. The Kier molecular flexibility index (Phi) is 3.83. The summed E-state index contributed by atoms with van der Waals surface area (Å²) in [5, 5.41) is 0.629. The molecule has 0 bridgehead atoms. The largest absolute Gasteiger partial charge is 0.322 e. The summed E-state index contributed by atoms with van der Waals surface area (Å²) >= 11 is 11.7. The zero-order valence-corrected chi connectivity index (χ0v) is 12.3. The molecule has 0 saturated carbocycles. The van der Waals surface area contributed by atoms with E-state index in [-0.39, 0.29) is 11.4 Å². The van der Waals surface area contributed by atoms with E-state index >= 15 is 0 Å². The maximum absolute atomic E-state index is 13.8. The van der Waals surface area contributed by atoms with Crippen LogP contribution < -0.4 is 0 Å². The van der Waals surface area contributed by atoms with E-state index in [2.05, 4.69) is 4.98 Å². The first-order valence-electron chi connectivity index (χ1n) is 6.23. The number of nitrogens with zero attached hydrogens (tertiary/aromatic N) is 2. The summed E-state index contributed by atoms with van der Waals surface area (Å²) in [6.07, 6.45) is 0. The van der Waals surface area contributed by atoms with E-state index in [4.69, 9.17) is 23.2 Å². The van der Waals surface area contributed by atoms with E-state index in [1.54, 1.807) is 16.7 Å². The molecule has 2 nitrogen and oxygen atoms in total. The second kappa shape index (κ2) is 5.62. The summed E-state index contributed by atoms with van der Waals surface area (Å²) in [7, 11) is 0. The van der Waals surface area contributed by atoms with Gasteiger partial charge in [-0.1, -0.05) is 23.7 Å². The average Bonchev–Trinajstić information content (AvgIpc) is 2.80. The summed E-state index contributed by atoms with van der Waals surface area (Å²) in [4.78, 5) is 4.15. The van der Waals surface area contributed by atoms with Crippen LogP contribution >= 0.6 is 23.2 Å². The molecule has 0 aliphatic rings. The third kappa shape index (κ3) is 2.74. The van der Waals surface area contributed by atoms with Gasteiger partial charge in [-0.3, -0.25) is 0 Å². The first-order chi connectivity index (χ1) is 10.1. The van der Waals surface area contributed by atoms with Crippen molar-refractivity contribution in [3.05, 3.63) is 64.4 Å². The van der Waals surface area contributed by atoms with Crippen LogP contribution in [0.4, 0.5) is 8.78 Å². The molecule has 0 unspecified atom stereocenters. The minimum atomic E-state index is -0.689. The molecule has 0 N–H and O–H groups in total. The van der Waals surface area contributed by atoms with Gasteiger partial charge in [0.05, 0.1) is 11.4 Å². The Morgan fingerprint density at radius 2 is 1.81 bits per heavy atom. The lowest BCUT2D eigenvalue weighted by atomic mass is 10.2. The highest BCUT2D eigenvalue weighted by Gasteiger charge is 2.15. The van der Waals surface area contributed by atoms with E-state index in [1.807, 2.05) is 12.1 Å². The SMILES string of the molecule is Fc1cc(F)c2nc(CCl)n(Cc3ccc(Cl)cc3)c2c1. The minimum absolute atomic E-state index is 0.114. The van der Waals surface area contributed by atoms with E-state index in [0.717, 1.165) is 11.6 Å². The van der Waals surface area contributed by atoms with Gasteiger partial charge in [-0.15, -0.1) is 11.6 Å². The van der Waals surface area contributed by atoms with Crippen molar-refractivity contribution >= 4 is 34.2 Å². The smallest absolute Gasteiger partial charge is 0.153 e. The van der Waals surface area contributed by atoms with Gasteiger partial charge in [0.2, 0.25) is 0 Å². The van der Waals surface area contributed by atoms with Crippen LogP contribution in [0.3, 0.4) is 0 Å². The van der Waals surface area contributed by atoms with E-state index in [1.165, 1.54) is 6.07 Å². The molecular formula is C15H10Cl2F2N2. The monoisotopic (exact) mass is 326 g/mol. The predicted octanol–water partition coefficient (Wildman–Crippen LogP) is 4.76. The van der Waals surface area contributed by atoms with Crippen molar-refractivity contribution in [1.29, 1.82) is 0 Å². The summed E-state index contributed by atoms with van der Waals surface area (Å²) in [5.41, 5.74) is 1.45. The number of imidazole rings is 1. The van der Waals surface area contributed by atoms with Crippen LogP contribution in [0.5, 0.6) is 0 Å². The first kappa shape index (κ1) is 14.3. The Morgan fingerprint density at radius 1 is 1.10 bits per heavy atom. The summed E-state index contributed by atoms with van der Waals surface area (Å²) in [6, 6.07) is 9.30. The quantitative estimate of drug-likeness (QED) is 0.635. The molecule has 108 valence electrons. The highest BCUT2D eigenvalue weighted by atomic mass is 35.5. The molecule has 6 heteroatoms. The fraction of sp³-hybridized carbons (Fsp3) is 0.133. The molecule has 3 aromatic rings. The summed E-state index contributed by atoms with van der Waals surface area (Å²) in [6.45, 7) is 0.415. The van der Waals surface area contributed by atoms with Gasteiger partial charge < -0.3 is 4.57 Å². The number of aromatic nitrogens is 2. The molecule has 0 atom stereocenters. The minimum Gasteiger partial charge on any atom is -0.322 e. The van der Waals surface area contributed by atoms with Crippen LogP contribution in [0.1, 0.15) is 11.4 Å². The lowest BCUT2D eigenvalue weighted by molar-refractivity contribution is 0.590. The Balaban J connectivity index is 2.13. The Hall–Kier alpha value is -1.65. The highest BCUT2D eigenvalue weighted by molar-refractivity contribution is 6.30. The van der Waals surface area contributed by atoms with Gasteiger partial charge in [0.15, 0.2) is 5.82 Å². The van der Waals surface area contributed by atoms with Crippen LogP contribution in [0, 0.1) is 11.6 Å². The fourth-order valence-electron chi connectivity index (χ4n) is 2.25. The number of fused-ring (bicyclic) bond motifs is 1. The first-order valence-corrected chi connectivity index (χ1v) is 7.14. The van der Waals surface area contributed by atoms with Crippen molar-refractivity contribution in [2.45, 2.75) is 12.4 Å². The molecule has 0 radical (unpaired) electrons. The second-order valence-electron chi connectivity index (χ2n) is 4.63. The number of rotatable bonds is 3. The molecule has 1 heterocycles. The van der Waals surface area contributed by atoms with E-state index in [0.29, 0.717) is 22.9 Å². The molecule has 3 rings (SSSR count). The van der Waals surface area contributed by atoms with Gasteiger partial charge in [0, 0.05) is 17.6 Å². The number of alkyl halides is 1. The van der Waals surface area contributed by atoms with Crippen LogP contribution in [0.25, 0.3) is 11.0 Å². The van der Waals surface area contributed by atoms with Crippen molar-refractivity contribution in [2.75, 3.05) is 0 Å². The normalized spacial score (nSPS) is 11.2. The molecular weight excluding hydrogens is 317 g/mol. The lowest BCUT2D eigenvalue weighted by Gasteiger charge is -2.08. The number of benzene rings is 2.